The number of aromatic amines is 1. The van der Waals surface area contributed by atoms with Crippen LogP contribution < -0.4 is 5.59 Å². The molecule has 0 saturated carbocycles. The van der Waals surface area contributed by atoms with E-state index in [0.717, 1.165) is 5.69 Å². The molecule has 0 amide bonds. The minimum atomic E-state index is 0.501. The fraction of sp³-hybridized carbons (Fsp3) is 0.143. The van der Waals surface area contributed by atoms with Gasteiger partial charge in [-0.2, -0.15) is 5.21 Å². The summed E-state index contributed by atoms with van der Waals surface area (Å²) in [4.78, 5) is 4.10. The van der Waals surface area contributed by atoms with Crippen molar-refractivity contribution in [3.05, 3.63) is 29.7 Å². The van der Waals surface area contributed by atoms with Crippen LogP contribution in [0.25, 0.3) is 0 Å². The van der Waals surface area contributed by atoms with E-state index in [-0.39, 0.29) is 0 Å². The highest BCUT2D eigenvalue weighted by atomic mass is 15.5. The summed E-state index contributed by atoms with van der Waals surface area (Å²) in [5.41, 5.74) is 1.34. The molecule has 0 unspecified atom stereocenters. The second-order valence-electron chi connectivity index (χ2n) is 2.56. The average Bonchev–Trinajstić information content (AvgIpc) is 2.57. The van der Waals surface area contributed by atoms with E-state index >= 15 is 0 Å². The van der Waals surface area contributed by atoms with E-state index in [1.54, 1.807) is 6.07 Å². The molecule has 6 heteroatoms. The van der Waals surface area contributed by atoms with Gasteiger partial charge in [0.25, 0.3) is 0 Å². The van der Waals surface area contributed by atoms with Crippen molar-refractivity contribution >= 4 is 13.4 Å². The van der Waals surface area contributed by atoms with Crippen LogP contribution >= 0.6 is 0 Å². The van der Waals surface area contributed by atoms with Crippen LogP contribution in [0.5, 0.6) is 0 Å². The van der Waals surface area contributed by atoms with Gasteiger partial charge in [-0.3, -0.25) is 4.98 Å². The number of rotatable bonds is 2. The zero-order valence-electron chi connectivity index (χ0n) is 6.81. The Morgan fingerprint density at radius 3 is 3.00 bits per heavy atom. The van der Waals surface area contributed by atoms with Crippen molar-refractivity contribution in [2.75, 3.05) is 0 Å². The molecule has 5 nitrogen and oxygen atoms in total. The van der Waals surface area contributed by atoms with Gasteiger partial charge < -0.3 is 0 Å². The van der Waals surface area contributed by atoms with Gasteiger partial charge in [-0.05, 0) is 11.7 Å². The first kappa shape index (κ1) is 7.91. The number of hydrogen-bond acceptors (Lipinski definition) is 4. The number of pyridine rings is 1. The fourth-order valence-corrected chi connectivity index (χ4v) is 1.02. The Bertz CT molecular complexity index is 386. The lowest BCUT2D eigenvalue weighted by Crippen LogP contribution is -2.10. The topological polar surface area (TPSA) is 67.3 Å². The summed E-state index contributed by atoms with van der Waals surface area (Å²) >= 11 is 0. The van der Waals surface area contributed by atoms with Crippen molar-refractivity contribution in [1.29, 1.82) is 0 Å². The van der Waals surface area contributed by atoms with Crippen molar-refractivity contribution in [2.24, 2.45) is 0 Å². The molecular formula is C7H6BN5. The monoisotopic (exact) mass is 171 g/mol. The molecular weight excluding hydrogens is 165 g/mol. The van der Waals surface area contributed by atoms with Gasteiger partial charge in [0.05, 0.1) is 6.42 Å². The minimum absolute atomic E-state index is 0.501. The van der Waals surface area contributed by atoms with Crippen LogP contribution in [0.15, 0.2) is 18.2 Å². The highest BCUT2D eigenvalue weighted by molar-refractivity contribution is 6.30. The molecule has 2 rings (SSSR count). The molecule has 0 aliphatic rings. The van der Waals surface area contributed by atoms with Gasteiger partial charge in [0.1, 0.15) is 7.85 Å². The smallest absolute Gasteiger partial charge is 0.180 e. The Hall–Kier alpha value is -1.72. The second kappa shape index (κ2) is 3.34. The number of nitrogens with zero attached hydrogens (tertiary/aromatic N) is 4. The molecule has 2 aromatic heterocycles. The van der Waals surface area contributed by atoms with Crippen LogP contribution in [0.4, 0.5) is 0 Å². The summed E-state index contributed by atoms with van der Waals surface area (Å²) in [5.74, 6) is 0.609. The largest absolute Gasteiger partial charge is 0.269 e. The van der Waals surface area contributed by atoms with Crippen molar-refractivity contribution < 1.29 is 0 Å². The molecule has 0 aromatic carbocycles. The molecule has 62 valence electrons. The molecule has 0 fully saturated rings. The van der Waals surface area contributed by atoms with Crippen LogP contribution in [-0.2, 0) is 6.42 Å². The lowest BCUT2D eigenvalue weighted by molar-refractivity contribution is 0.881. The van der Waals surface area contributed by atoms with E-state index in [1.165, 1.54) is 0 Å². The molecule has 0 spiro atoms. The number of aromatic nitrogens is 5. The summed E-state index contributed by atoms with van der Waals surface area (Å²) < 4.78 is 0. The first-order valence-electron chi connectivity index (χ1n) is 3.78. The number of nitrogens with one attached hydrogen (secondary N) is 1. The van der Waals surface area contributed by atoms with Crippen LogP contribution in [-0.4, -0.2) is 33.5 Å². The molecule has 2 aromatic rings. The van der Waals surface area contributed by atoms with Crippen LogP contribution in [0.1, 0.15) is 11.5 Å². The average molecular weight is 171 g/mol. The van der Waals surface area contributed by atoms with Gasteiger partial charge in [-0.1, -0.05) is 17.3 Å². The Kier molecular flexibility index (Phi) is 2.03. The SMILES string of the molecule is [B]c1cccc(Cc2nn[nH]n2)n1. The van der Waals surface area contributed by atoms with E-state index in [1.807, 2.05) is 12.1 Å². The highest BCUT2D eigenvalue weighted by Gasteiger charge is 2.00. The first-order valence-corrected chi connectivity index (χ1v) is 3.78. The maximum absolute atomic E-state index is 5.51. The third kappa shape index (κ3) is 1.90. The lowest BCUT2D eigenvalue weighted by atomic mass is 10.0. The molecule has 1 N–H and O–H groups in total. The molecule has 0 aliphatic carbocycles. The van der Waals surface area contributed by atoms with Gasteiger partial charge in [0, 0.05) is 5.69 Å². The van der Waals surface area contributed by atoms with E-state index in [2.05, 4.69) is 25.6 Å². The van der Waals surface area contributed by atoms with Crippen molar-refractivity contribution in [3.8, 4) is 0 Å². The summed E-state index contributed by atoms with van der Waals surface area (Å²) in [7, 11) is 5.51. The van der Waals surface area contributed by atoms with E-state index in [9.17, 15) is 0 Å². The Morgan fingerprint density at radius 1 is 1.38 bits per heavy atom. The maximum Gasteiger partial charge on any atom is 0.180 e. The highest BCUT2D eigenvalue weighted by Crippen LogP contribution is 1.97. The summed E-state index contributed by atoms with van der Waals surface area (Å²) in [5, 5.41) is 13.4. The summed E-state index contributed by atoms with van der Waals surface area (Å²) in [6.07, 6.45) is 0.543. The van der Waals surface area contributed by atoms with Crippen LogP contribution in [0.3, 0.4) is 0 Å². The third-order valence-corrected chi connectivity index (χ3v) is 1.56. The predicted molar refractivity (Wildman–Crippen MR) is 46.6 cm³/mol. The number of H-pyrrole nitrogens is 1. The Balaban J connectivity index is 2.19. The quantitative estimate of drug-likeness (QED) is 0.587. The van der Waals surface area contributed by atoms with Gasteiger partial charge in [0.2, 0.25) is 0 Å². The predicted octanol–water partition coefficient (Wildman–Crippen LogP) is -1.02. The minimum Gasteiger partial charge on any atom is -0.269 e. The van der Waals surface area contributed by atoms with Gasteiger partial charge in [-0.25, -0.2) is 0 Å². The zero-order chi connectivity index (χ0) is 9.10. The summed E-state index contributed by atoms with van der Waals surface area (Å²) in [6.45, 7) is 0. The Labute approximate surface area is 76.0 Å². The first-order chi connectivity index (χ1) is 6.34. The van der Waals surface area contributed by atoms with E-state index in [4.69, 9.17) is 7.85 Å². The van der Waals surface area contributed by atoms with Gasteiger partial charge in [0.15, 0.2) is 5.82 Å². The van der Waals surface area contributed by atoms with E-state index in [0.29, 0.717) is 17.8 Å². The third-order valence-electron chi connectivity index (χ3n) is 1.56. The molecule has 0 atom stereocenters. The lowest BCUT2D eigenvalue weighted by Gasteiger charge is -1.96. The normalized spacial score (nSPS) is 10.2. The standard InChI is InChI=1S/C7H6BN5/c8-6-3-1-2-5(9-6)4-7-10-12-13-11-7/h1-3H,4H2,(H,10,11,12,13). The zero-order valence-corrected chi connectivity index (χ0v) is 6.81. The second-order valence-corrected chi connectivity index (χ2v) is 2.56. The number of hydrogen-bond donors (Lipinski definition) is 1. The molecule has 0 saturated heterocycles. The van der Waals surface area contributed by atoms with Crippen molar-refractivity contribution in [3.63, 3.8) is 0 Å². The van der Waals surface area contributed by atoms with Crippen LogP contribution in [0.2, 0.25) is 0 Å². The van der Waals surface area contributed by atoms with Crippen molar-refractivity contribution in [1.82, 2.24) is 25.6 Å². The molecule has 0 bridgehead atoms. The molecule has 0 aliphatic heterocycles. The number of tetrazole rings is 1. The Morgan fingerprint density at radius 2 is 2.31 bits per heavy atom. The molecule has 2 radical (unpaired) electrons. The summed E-state index contributed by atoms with van der Waals surface area (Å²) in [6, 6.07) is 5.45. The van der Waals surface area contributed by atoms with E-state index < -0.39 is 0 Å². The molecule has 13 heavy (non-hydrogen) atoms. The van der Waals surface area contributed by atoms with Crippen molar-refractivity contribution in [2.45, 2.75) is 6.42 Å². The van der Waals surface area contributed by atoms with Gasteiger partial charge in [-0.15, -0.1) is 10.2 Å². The maximum atomic E-state index is 5.51. The molecule has 2 heterocycles. The fourth-order valence-electron chi connectivity index (χ4n) is 1.02. The van der Waals surface area contributed by atoms with Gasteiger partial charge >= 0.3 is 0 Å². The van der Waals surface area contributed by atoms with Crippen LogP contribution in [0, 0.1) is 0 Å².